The van der Waals surface area contributed by atoms with Gasteiger partial charge < -0.3 is 10.1 Å². The molecule has 0 atom stereocenters. The monoisotopic (exact) mass is 330 g/mol. The van der Waals surface area contributed by atoms with Crippen LogP contribution >= 0.6 is 11.3 Å². The second-order valence-corrected chi connectivity index (χ2v) is 5.21. The van der Waals surface area contributed by atoms with E-state index >= 15 is 0 Å². The molecule has 0 unspecified atom stereocenters. The van der Waals surface area contributed by atoms with E-state index in [1.165, 1.54) is 17.4 Å². The summed E-state index contributed by atoms with van der Waals surface area (Å²) in [5, 5.41) is 5.18. The number of nitrogens with one attached hydrogen (secondary N) is 1. The molecule has 0 spiro atoms. The highest BCUT2D eigenvalue weighted by Crippen LogP contribution is 2.33. The van der Waals surface area contributed by atoms with Crippen LogP contribution in [0, 0.1) is 0 Å². The van der Waals surface area contributed by atoms with Gasteiger partial charge in [-0.1, -0.05) is 0 Å². The van der Waals surface area contributed by atoms with Crippen molar-refractivity contribution in [1.29, 1.82) is 0 Å². The molecule has 0 aliphatic heterocycles. The number of carbonyl (C=O) groups is 1. The molecule has 1 heterocycles. The highest BCUT2D eigenvalue weighted by atomic mass is 32.1. The van der Waals surface area contributed by atoms with Crippen molar-refractivity contribution in [3.8, 4) is 0 Å². The maximum Gasteiger partial charge on any atom is 0.416 e. The van der Waals surface area contributed by atoms with Crippen LogP contribution < -0.4 is 5.32 Å². The fourth-order valence-electron chi connectivity index (χ4n) is 1.81. The van der Waals surface area contributed by atoms with Crippen molar-refractivity contribution >= 4 is 28.1 Å². The molecule has 0 aliphatic rings. The molecule has 1 aromatic carbocycles. The van der Waals surface area contributed by atoms with E-state index in [1.54, 1.807) is 18.5 Å². The Bertz CT molecular complexity index is 642. The summed E-state index contributed by atoms with van der Waals surface area (Å²) in [6.07, 6.45) is -3.14. The number of alkyl halides is 3. The van der Waals surface area contributed by atoms with Gasteiger partial charge in [-0.15, -0.1) is 11.3 Å². The van der Waals surface area contributed by atoms with E-state index in [-0.39, 0.29) is 18.6 Å². The average molecular weight is 330 g/mol. The zero-order chi connectivity index (χ0) is 16.2. The van der Waals surface area contributed by atoms with Crippen LogP contribution in [0.5, 0.6) is 0 Å². The predicted molar refractivity (Wildman–Crippen MR) is 77.2 cm³/mol. The number of anilines is 2. The molecule has 118 valence electrons. The summed E-state index contributed by atoms with van der Waals surface area (Å²) >= 11 is 1.30. The molecule has 0 radical (unpaired) electrons. The van der Waals surface area contributed by atoms with Gasteiger partial charge in [0.1, 0.15) is 0 Å². The number of carbonyl (C=O) groups excluding carboxylic acids is 1. The lowest BCUT2D eigenvalue weighted by atomic mass is 10.1. The first-order valence-electron chi connectivity index (χ1n) is 6.42. The largest absolute Gasteiger partial charge is 0.466 e. The summed E-state index contributed by atoms with van der Waals surface area (Å²) in [6.45, 7) is 1.81. The van der Waals surface area contributed by atoms with Gasteiger partial charge in [-0.25, -0.2) is 4.98 Å². The van der Waals surface area contributed by atoms with Crippen LogP contribution in [0.4, 0.5) is 24.0 Å². The van der Waals surface area contributed by atoms with E-state index in [0.29, 0.717) is 10.8 Å². The molecular formula is C14H13F3N2O2S. The number of aromatic nitrogens is 1. The number of benzene rings is 1. The fraction of sp³-hybridized carbons (Fsp3) is 0.286. The number of esters is 1. The summed E-state index contributed by atoms with van der Waals surface area (Å²) in [7, 11) is 0. The SMILES string of the molecule is CCOC(=O)Cc1cc(C(F)(F)F)ccc1Nc1nccs1. The summed E-state index contributed by atoms with van der Waals surface area (Å²) < 4.78 is 43.2. The van der Waals surface area contributed by atoms with Gasteiger partial charge in [0.2, 0.25) is 0 Å². The number of hydrogen-bond donors (Lipinski definition) is 1. The van der Waals surface area contributed by atoms with Crippen LogP contribution in [0.3, 0.4) is 0 Å². The minimum Gasteiger partial charge on any atom is -0.466 e. The standard InChI is InChI=1S/C14H13F3N2O2S/c1-2-21-12(20)8-9-7-10(14(15,16)17)3-4-11(9)19-13-18-5-6-22-13/h3-7H,2,8H2,1H3,(H,18,19). The molecular weight excluding hydrogens is 317 g/mol. The summed E-state index contributed by atoms with van der Waals surface area (Å²) in [5.74, 6) is -0.580. The minimum atomic E-state index is -4.47. The van der Waals surface area contributed by atoms with E-state index in [2.05, 4.69) is 10.3 Å². The first kappa shape index (κ1) is 16.3. The first-order chi connectivity index (χ1) is 10.4. The fourth-order valence-corrected chi connectivity index (χ4v) is 2.35. The van der Waals surface area contributed by atoms with Gasteiger partial charge in [-0.2, -0.15) is 13.2 Å². The Hall–Kier alpha value is -2.09. The highest BCUT2D eigenvalue weighted by Gasteiger charge is 2.31. The minimum absolute atomic E-state index is 0.174. The molecule has 1 aromatic heterocycles. The number of nitrogens with zero attached hydrogens (tertiary/aromatic N) is 1. The Kier molecular flexibility index (Phi) is 5.02. The Morgan fingerprint density at radius 1 is 1.41 bits per heavy atom. The van der Waals surface area contributed by atoms with Crippen LogP contribution in [0.1, 0.15) is 18.1 Å². The number of thiazole rings is 1. The van der Waals surface area contributed by atoms with Crippen LogP contribution in [0.15, 0.2) is 29.8 Å². The predicted octanol–water partition coefficient (Wildman–Crippen LogP) is 4.01. The Morgan fingerprint density at radius 3 is 2.77 bits per heavy atom. The van der Waals surface area contributed by atoms with Crippen molar-refractivity contribution in [2.45, 2.75) is 19.5 Å². The van der Waals surface area contributed by atoms with Gasteiger partial charge in [0.25, 0.3) is 0 Å². The Labute approximate surface area is 128 Å². The van der Waals surface area contributed by atoms with Gasteiger partial charge in [0, 0.05) is 17.3 Å². The molecule has 0 fully saturated rings. The molecule has 0 saturated heterocycles. The number of hydrogen-bond acceptors (Lipinski definition) is 5. The highest BCUT2D eigenvalue weighted by molar-refractivity contribution is 7.13. The van der Waals surface area contributed by atoms with Crippen molar-refractivity contribution in [3.05, 3.63) is 40.9 Å². The first-order valence-corrected chi connectivity index (χ1v) is 7.30. The lowest BCUT2D eigenvalue weighted by Gasteiger charge is -2.13. The molecule has 8 heteroatoms. The van der Waals surface area contributed by atoms with E-state index in [9.17, 15) is 18.0 Å². The Balaban J connectivity index is 2.32. The van der Waals surface area contributed by atoms with E-state index in [0.717, 1.165) is 12.1 Å². The summed E-state index contributed by atoms with van der Waals surface area (Å²) in [4.78, 5) is 15.6. The number of halogens is 3. The van der Waals surface area contributed by atoms with E-state index in [1.807, 2.05) is 0 Å². The Morgan fingerprint density at radius 2 is 2.18 bits per heavy atom. The molecule has 1 N–H and O–H groups in total. The second kappa shape index (κ2) is 6.78. The van der Waals surface area contributed by atoms with Crippen molar-refractivity contribution in [3.63, 3.8) is 0 Å². The third kappa shape index (κ3) is 4.20. The van der Waals surface area contributed by atoms with Crippen LogP contribution in [0.2, 0.25) is 0 Å². The number of rotatable bonds is 5. The lowest BCUT2D eigenvalue weighted by Crippen LogP contribution is -2.12. The van der Waals surface area contributed by atoms with E-state index < -0.39 is 17.7 Å². The van der Waals surface area contributed by atoms with Crippen LogP contribution in [-0.2, 0) is 22.1 Å². The topological polar surface area (TPSA) is 51.2 Å². The zero-order valence-corrected chi connectivity index (χ0v) is 12.4. The molecule has 0 amide bonds. The van der Waals surface area contributed by atoms with E-state index in [4.69, 9.17) is 4.74 Å². The molecule has 0 bridgehead atoms. The molecule has 0 aliphatic carbocycles. The van der Waals surface area contributed by atoms with Gasteiger partial charge in [-0.05, 0) is 30.7 Å². The third-order valence-corrected chi connectivity index (χ3v) is 3.44. The summed E-state index contributed by atoms with van der Waals surface area (Å²) in [5.41, 5.74) is -0.198. The van der Waals surface area contributed by atoms with Gasteiger partial charge in [-0.3, -0.25) is 4.79 Å². The maximum absolute atomic E-state index is 12.8. The zero-order valence-electron chi connectivity index (χ0n) is 11.6. The van der Waals surface area contributed by atoms with Gasteiger partial charge in [0.15, 0.2) is 5.13 Å². The van der Waals surface area contributed by atoms with Crippen LogP contribution in [-0.4, -0.2) is 17.6 Å². The van der Waals surface area contributed by atoms with Crippen molar-refractivity contribution in [2.24, 2.45) is 0 Å². The molecule has 2 aromatic rings. The average Bonchev–Trinajstić information content (AvgIpc) is 2.92. The summed E-state index contributed by atoms with van der Waals surface area (Å²) in [6, 6.07) is 3.20. The molecule has 22 heavy (non-hydrogen) atoms. The van der Waals surface area contributed by atoms with Crippen molar-refractivity contribution in [2.75, 3.05) is 11.9 Å². The molecule has 4 nitrogen and oxygen atoms in total. The molecule has 2 rings (SSSR count). The third-order valence-electron chi connectivity index (χ3n) is 2.75. The van der Waals surface area contributed by atoms with Crippen molar-refractivity contribution in [1.82, 2.24) is 4.98 Å². The molecule has 0 saturated carbocycles. The second-order valence-electron chi connectivity index (χ2n) is 4.31. The number of ether oxygens (including phenoxy) is 1. The van der Waals surface area contributed by atoms with Crippen molar-refractivity contribution < 1.29 is 22.7 Å². The normalized spacial score (nSPS) is 11.3. The lowest BCUT2D eigenvalue weighted by molar-refractivity contribution is -0.142. The van der Waals surface area contributed by atoms with Gasteiger partial charge in [0.05, 0.1) is 18.6 Å². The maximum atomic E-state index is 12.8. The quantitative estimate of drug-likeness (QED) is 0.842. The smallest absolute Gasteiger partial charge is 0.416 e. The van der Waals surface area contributed by atoms with Gasteiger partial charge >= 0.3 is 12.1 Å². The van der Waals surface area contributed by atoms with Crippen LogP contribution in [0.25, 0.3) is 0 Å².